The fourth-order valence-corrected chi connectivity index (χ4v) is 2.58. The third-order valence-electron chi connectivity index (χ3n) is 3.86. The summed E-state index contributed by atoms with van der Waals surface area (Å²) < 4.78 is 5.40. The lowest BCUT2D eigenvalue weighted by Gasteiger charge is -2.34. The number of ether oxygens (including phenoxy) is 1. The molecule has 0 aromatic rings. The van der Waals surface area contributed by atoms with Gasteiger partial charge in [-0.25, -0.2) is 4.79 Å². The van der Waals surface area contributed by atoms with E-state index in [1.807, 2.05) is 39.5 Å². The Balaban J connectivity index is 2.55. The molecule has 0 bridgehead atoms. The number of carbonyl (C=O) groups excluding carboxylic acids is 2. The van der Waals surface area contributed by atoms with Crippen LogP contribution >= 0.6 is 0 Å². The number of rotatable bonds is 4. The maximum absolute atomic E-state index is 12.3. The molecule has 2 N–H and O–H groups in total. The van der Waals surface area contributed by atoms with E-state index in [1.165, 1.54) is 0 Å². The first-order valence-electron chi connectivity index (χ1n) is 8.17. The Morgan fingerprint density at radius 1 is 1.32 bits per heavy atom. The van der Waals surface area contributed by atoms with E-state index < -0.39 is 5.60 Å². The minimum atomic E-state index is -0.531. The molecule has 0 spiro atoms. The van der Waals surface area contributed by atoms with Crippen LogP contribution in [0.4, 0.5) is 4.79 Å². The first-order valence-corrected chi connectivity index (χ1v) is 8.17. The highest BCUT2D eigenvalue weighted by atomic mass is 16.6. The predicted molar refractivity (Wildman–Crippen MR) is 86.5 cm³/mol. The van der Waals surface area contributed by atoms with Crippen LogP contribution in [0.2, 0.25) is 0 Å². The smallest absolute Gasteiger partial charge is 0.410 e. The van der Waals surface area contributed by atoms with E-state index in [1.54, 1.807) is 4.90 Å². The molecule has 6 heteroatoms. The van der Waals surface area contributed by atoms with Gasteiger partial charge in [0.1, 0.15) is 5.60 Å². The summed E-state index contributed by atoms with van der Waals surface area (Å²) >= 11 is 0. The molecule has 128 valence electrons. The molecule has 0 aromatic heterocycles. The standard InChI is InChI=1S/C16H31N3O3/c1-6-19(15(21)22-16(3,4)5)12(2)11-14(20)18-9-7-13(17)8-10-18/h12-13H,6-11,17H2,1-5H3/t12-/m0/s1. The van der Waals surface area contributed by atoms with Crippen molar-refractivity contribution in [2.24, 2.45) is 5.73 Å². The van der Waals surface area contributed by atoms with E-state index in [4.69, 9.17) is 10.5 Å². The highest BCUT2D eigenvalue weighted by Crippen LogP contribution is 2.15. The molecule has 1 fully saturated rings. The summed E-state index contributed by atoms with van der Waals surface area (Å²) in [7, 11) is 0. The lowest BCUT2D eigenvalue weighted by molar-refractivity contribution is -0.133. The molecule has 1 atom stereocenters. The zero-order chi connectivity index (χ0) is 16.9. The maximum Gasteiger partial charge on any atom is 0.410 e. The van der Waals surface area contributed by atoms with Crippen LogP contribution in [0.15, 0.2) is 0 Å². The third-order valence-corrected chi connectivity index (χ3v) is 3.86. The van der Waals surface area contributed by atoms with Gasteiger partial charge < -0.3 is 20.3 Å². The Morgan fingerprint density at radius 2 is 1.86 bits per heavy atom. The van der Waals surface area contributed by atoms with Crippen LogP contribution in [0, 0.1) is 0 Å². The van der Waals surface area contributed by atoms with Gasteiger partial charge in [0.15, 0.2) is 0 Å². The van der Waals surface area contributed by atoms with Gasteiger partial charge in [0, 0.05) is 38.1 Å². The van der Waals surface area contributed by atoms with Crippen LogP contribution in [0.5, 0.6) is 0 Å². The second kappa shape index (κ2) is 7.81. The van der Waals surface area contributed by atoms with Crippen molar-refractivity contribution in [2.75, 3.05) is 19.6 Å². The van der Waals surface area contributed by atoms with Gasteiger partial charge in [0.25, 0.3) is 0 Å². The maximum atomic E-state index is 12.3. The number of hydrogen-bond acceptors (Lipinski definition) is 4. The van der Waals surface area contributed by atoms with Gasteiger partial charge in [-0.05, 0) is 47.5 Å². The summed E-state index contributed by atoms with van der Waals surface area (Å²) in [6.45, 7) is 11.2. The average Bonchev–Trinajstić information content (AvgIpc) is 2.37. The van der Waals surface area contributed by atoms with Crippen LogP contribution in [0.1, 0.15) is 53.9 Å². The monoisotopic (exact) mass is 313 g/mol. The molecule has 6 nitrogen and oxygen atoms in total. The number of likely N-dealkylation sites (tertiary alicyclic amines) is 1. The topological polar surface area (TPSA) is 75.9 Å². The molecular formula is C16H31N3O3. The summed E-state index contributed by atoms with van der Waals surface area (Å²) in [4.78, 5) is 28.0. The third kappa shape index (κ3) is 5.83. The molecule has 1 rings (SSSR count). The molecule has 0 aromatic carbocycles. The van der Waals surface area contributed by atoms with Crippen LogP contribution < -0.4 is 5.73 Å². The largest absolute Gasteiger partial charge is 0.444 e. The van der Waals surface area contributed by atoms with E-state index in [0.29, 0.717) is 26.1 Å². The fraction of sp³-hybridized carbons (Fsp3) is 0.875. The average molecular weight is 313 g/mol. The van der Waals surface area contributed by atoms with Crippen LogP contribution in [0.3, 0.4) is 0 Å². The van der Waals surface area contributed by atoms with Gasteiger partial charge >= 0.3 is 6.09 Å². The summed E-state index contributed by atoms with van der Waals surface area (Å²) in [6.07, 6.45) is 1.66. The molecule has 1 aliphatic rings. The van der Waals surface area contributed by atoms with Gasteiger partial charge in [0.05, 0.1) is 0 Å². The van der Waals surface area contributed by atoms with E-state index in [9.17, 15) is 9.59 Å². The number of nitrogens with two attached hydrogens (primary N) is 1. The second-order valence-corrected chi connectivity index (χ2v) is 7.04. The SMILES string of the molecule is CCN(C(=O)OC(C)(C)C)[C@@H](C)CC(=O)N1CCC(N)CC1. The van der Waals surface area contributed by atoms with E-state index >= 15 is 0 Å². The molecule has 2 amide bonds. The highest BCUT2D eigenvalue weighted by Gasteiger charge is 2.28. The van der Waals surface area contributed by atoms with Gasteiger partial charge in [-0.2, -0.15) is 0 Å². The normalized spacial score (nSPS) is 18.0. The van der Waals surface area contributed by atoms with Crippen molar-refractivity contribution in [2.45, 2.75) is 71.6 Å². The van der Waals surface area contributed by atoms with E-state index in [2.05, 4.69) is 0 Å². The first-order chi connectivity index (χ1) is 10.1. The van der Waals surface area contributed by atoms with Crippen molar-refractivity contribution in [3.05, 3.63) is 0 Å². The van der Waals surface area contributed by atoms with Crippen molar-refractivity contribution >= 4 is 12.0 Å². The van der Waals surface area contributed by atoms with Gasteiger partial charge in [-0.15, -0.1) is 0 Å². The van der Waals surface area contributed by atoms with Crippen LogP contribution in [0.25, 0.3) is 0 Å². The molecule has 0 unspecified atom stereocenters. The van der Waals surface area contributed by atoms with E-state index in [0.717, 1.165) is 12.8 Å². The van der Waals surface area contributed by atoms with Crippen LogP contribution in [-0.4, -0.2) is 59.1 Å². The molecule has 0 radical (unpaired) electrons. The Kier molecular flexibility index (Phi) is 6.66. The van der Waals surface area contributed by atoms with Crippen molar-refractivity contribution < 1.29 is 14.3 Å². The Morgan fingerprint density at radius 3 is 2.32 bits per heavy atom. The van der Waals surface area contributed by atoms with E-state index in [-0.39, 0.29) is 24.1 Å². The summed E-state index contributed by atoms with van der Waals surface area (Å²) in [6, 6.07) is 0.0262. The first kappa shape index (κ1) is 18.7. The summed E-state index contributed by atoms with van der Waals surface area (Å²) in [5.41, 5.74) is 5.33. The molecule has 1 heterocycles. The number of nitrogens with zero attached hydrogens (tertiary/aromatic N) is 2. The Labute approximate surface area is 134 Å². The Hall–Kier alpha value is -1.30. The molecule has 1 aliphatic heterocycles. The minimum absolute atomic E-state index is 0.0846. The quantitative estimate of drug-likeness (QED) is 0.861. The van der Waals surface area contributed by atoms with Gasteiger partial charge in [-0.3, -0.25) is 4.79 Å². The highest BCUT2D eigenvalue weighted by molar-refractivity contribution is 5.78. The molecule has 0 saturated carbocycles. The lowest BCUT2D eigenvalue weighted by atomic mass is 10.0. The fourth-order valence-electron chi connectivity index (χ4n) is 2.58. The number of amides is 2. The summed E-state index contributed by atoms with van der Waals surface area (Å²) in [5.74, 6) is 0.0846. The summed E-state index contributed by atoms with van der Waals surface area (Å²) in [5, 5.41) is 0. The Bertz CT molecular complexity index is 385. The van der Waals surface area contributed by atoms with Gasteiger partial charge in [0.2, 0.25) is 5.91 Å². The predicted octanol–water partition coefficient (Wildman–Crippen LogP) is 1.97. The van der Waals surface area contributed by atoms with Gasteiger partial charge in [-0.1, -0.05) is 0 Å². The van der Waals surface area contributed by atoms with Crippen molar-refractivity contribution in [3.63, 3.8) is 0 Å². The van der Waals surface area contributed by atoms with Crippen molar-refractivity contribution in [1.82, 2.24) is 9.80 Å². The van der Waals surface area contributed by atoms with Crippen molar-refractivity contribution in [1.29, 1.82) is 0 Å². The molecular weight excluding hydrogens is 282 g/mol. The lowest BCUT2D eigenvalue weighted by Crippen LogP contribution is -2.47. The number of hydrogen-bond donors (Lipinski definition) is 1. The molecule has 1 saturated heterocycles. The van der Waals surface area contributed by atoms with Crippen molar-refractivity contribution in [3.8, 4) is 0 Å². The molecule has 22 heavy (non-hydrogen) atoms. The number of piperidine rings is 1. The molecule has 0 aliphatic carbocycles. The number of carbonyl (C=O) groups is 2. The second-order valence-electron chi connectivity index (χ2n) is 7.04. The zero-order valence-corrected chi connectivity index (χ0v) is 14.6. The minimum Gasteiger partial charge on any atom is -0.444 e. The zero-order valence-electron chi connectivity index (χ0n) is 14.6. The van der Waals surface area contributed by atoms with Crippen LogP contribution in [-0.2, 0) is 9.53 Å².